The number of ether oxygens (including phenoxy) is 1. The van der Waals surface area contributed by atoms with E-state index in [4.69, 9.17) is 4.74 Å². The van der Waals surface area contributed by atoms with Gasteiger partial charge in [-0.25, -0.2) is 0 Å². The number of hydrogen-bond donors (Lipinski definition) is 2. The van der Waals surface area contributed by atoms with Gasteiger partial charge in [-0.2, -0.15) is 0 Å². The van der Waals surface area contributed by atoms with E-state index in [1.165, 1.54) is 0 Å². The quantitative estimate of drug-likeness (QED) is 0.765. The second-order valence-corrected chi connectivity index (χ2v) is 9.92. The van der Waals surface area contributed by atoms with Crippen LogP contribution in [0.5, 0.6) is 0 Å². The maximum absolute atomic E-state index is 11.4. The molecular formula is C20H36O3. The van der Waals surface area contributed by atoms with Crippen LogP contribution in [0.15, 0.2) is 0 Å². The summed E-state index contributed by atoms with van der Waals surface area (Å²) >= 11 is 0. The monoisotopic (exact) mass is 324 g/mol. The number of hydrogen-bond acceptors (Lipinski definition) is 3. The molecule has 3 fully saturated rings. The molecule has 3 rings (SSSR count). The number of fused-ring (bicyclic) bond motifs is 2. The summed E-state index contributed by atoms with van der Waals surface area (Å²) in [6.45, 7) is 13.2. The van der Waals surface area contributed by atoms with Gasteiger partial charge in [0.05, 0.1) is 17.3 Å². The lowest BCUT2D eigenvalue weighted by Crippen LogP contribution is -2.73. The van der Waals surface area contributed by atoms with Crippen LogP contribution in [0, 0.1) is 16.7 Å². The SMILES string of the molecule is CC[C@@]1(C)CC[C@]2(O1)[C@@]1(C)C(O)CCC(C)(C)[C@@H]1CC[C@@]2(C)O. The Morgan fingerprint density at radius 3 is 2.17 bits per heavy atom. The van der Waals surface area contributed by atoms with Crippen LogP contribution in [0.3, 0.4) is 0 Å². The highest BCUT2D eigenvalue weighted by Crippen LogP contribution is 2.68. The molecule has 23 heavy (non-hydrogen) atoms. The summed E-state index contributed by atoms with van der Waals surface area (Å²) in [5.74, 6) is 0.387. The third kappa shape index (κ3) is 2.12. The predicted molar refractivity (Wildman–Crippen MR) is 92.2 cm³/mol. The molecule has 0 amide bonds. The third-order valence-electron chi connectivity index (χ3n) is 8.26. The molecule has 0 aromatic rings. The highest BCUT2D eigenvalue weighted by Gasteiger charge is 2.73. The van der Waals surface area contributed by atoms with Gasteiger partial charge < -0.3 is 14.9 Å². The fourth-order valence-electron chi connectivity index (χ4n) is 6.45. The highest BCUT2D eigenvalue weighted by molar-refractivity contribution is 5.22. The Kier molecular flexibility index (Phi) is 3.81. The average molecular weight is 325 g/mol. The first-order chi connectivity index (χ1) is 10.4. The van der Waals surface area contributed by atoms with Crippen molar-refractivity contribution in [3.8, 4) is 0 Å². The summed E-state index contributed by atoms with van der Waals surface area (Å²) in [4.78, 5) is 0. The Bertz CT molecular complexity index is 485. The van der Waals surface area contributed by atoms with Gasteiger partial charge in [-0.3, -0.25) is 0 Å². The molecule has 1 spiro atoms. The van der Waals surface area contributed by atoms with E-state index in [1.807, 2.05) is 6.92 Å². The van der Waals surface area contributed by atoms with Gasteiger partial charge in [-0.1, -0.05) is 27.7 Å². The third-order valence-corrected chi connectivity index (χ3v) is 8.26. The molecule has 0 radical (unpaired) electrons. The fourth-order valence-corrected chi connectivity index (χ4v) is 6.45. The molecule has 6 atom stereocenters. The number of aliphatic hydroxyl groups is 2. The number of aliphatic hydroxyl groups excluding tert-OH is 1. The second-order valence-electron chi connectivity index (χ2n) is 9.92. The van der Waals surface area contributed by atoms with Crippen molar-refractivity contribution in [3.05, 3.63) is 0 Å². The second kappa shape index (κ2) is 4.95. The van der Waals surface area contributed by atoms with Crippen LogP contribution < -0.4 is 0 Å². The molecule has 2 saturated carbocycles. The maximum atomic E-state index is 11.4. The van der Waals surface area contributed by atoms with E-state index in [1.54, 1.807) is 0 Å². The van der Waals surface area contributed by atoms with E-state index in [0.717, 1.165) is 44.9 Å². The lowest BCUT2D eigenvalue weighted by molar-refractivity contribution is -0.319. The molecule has 134 valence electrons. The van der Waals surface area contributed by atoms with Crippen LogP contribution in [0.2, 0.25) is 0 Å². The van der Waals surface area contributed by atoms with E-state index in [0.29, 0.717) is 5.92 Å². The summed E-state index contributed by atoms with van der Waals surface area (Å²) < 4.78 is 6.77. The Hall–Kier alpha value is -0.120. The van der Waals surface area contributed by atoms with Crippen LogP contribution in [-0.2, 0) is 4.74 Å². The zero-order valence-electron chi connectivity index (χ0n) is 15.9. The van der Waals surface area contributed by atoms with E-state index in [9.17, 15) is 10.2 Å². The van der Waals surface area contributed by atoms with Gasteiger partial charge in [0.1, 0.15) is 5.60 Å². The first-order valence-corrected chi connectivity index (χ1v) is 9.55. The van der Waals surface area contributed by atoms with Crippen molar-refractivity contribution in [1.82, 2.24) is 0 Å². The normalized spacial score (nSPS) is 55.8. The number of rotatable bonds is 1. The van der Waals surface area contributed by atoms with E-state index >= 15 is 0 Å². The standard InChI is InChI=1S/C20H36O3/c1-7-17(4)12-13-20(23-17)18(5,22)11-8-14-16(2,3)10-9-15(21)19(14,20)6/h14-15,21-22H,7-13H2,1-6H3/t14-,15?,17-,18+,19+,20+/m0/s1. The van der Waals surface area contributed by atoms with Crippen LogP contribution >= 0.6 is 0 Å². The van der Waals surface area contributed by atoms with Gasteiger partial charge in [0.15, 0.2) is 0 Å². The first-order valence-electron chi connectivity index (χ1n) is 9.55. The lowest BCUT2D eigenvalue weighted by atomic mass is 9.42. The van der Waals surface area contributed by atoms with E-state index in [-0.39, 0.29) is 16.4 Å². The molecule has 1 unspecified atom stereocenters. The molecule has 1 saturated heterocycles. The largest absolute Gasteiger partial charge is 0.392 e. The van der Waals surface area contributed by atoms with Crippen molar-refractivity contribution >= 4 is 0 Å². The Morgan fingerprint density at radius 2 is 1.61 bits per heavy atom. The van der Waals surface area contributed by atoms with Crippen LogP contribution in [-0.4, -0.2) is 33.1 Å². The van der Waals surface area contributed by atoms with Gasteiger partial charge >= 0.3 is 0 Å². The minimum atomic E-state index is -0.875. The van der Waals surface area contributed by atoms with Crippen LogP contribution in [0.1, 0.15) is 86.5 Å². The van der Waals surface area contributed by atoms with Gasteiger partial charge in [0, 0.05) is 5.41 Å². The van der Waals surface area contributed by atoms with Crippen molar-refractivity contribution in [1.29, 1.82) is 0 Å². The van der Waals surface area contributed by atoms with Crippen molar-refractivity contribution in [2.75, 3.05) is 0 Å². The smallest absolute Gasteiger partial charge is 0.105 e. The summed E-state index contributed by atoms with van der Waals surface area (Å²) in [5, 5.41) is 22.5. The molecule has 1 heterocycles. The zero-order chi connectivity index (χ0) is 17.3. The van der Waals surface area contributed by atoms with Crippen molar-refractivity contribution < 1.29 is 14.9 Å². The summed E-state index contributed by atoms with van der Waals surface area (Å²) in [5.41, 5.74) is -1.89. The molecule has 3 nitrogen and oxygen atoms in total. The van der Waals surface area contributed by atoms with Crippen molar-refractivity contribution in [3.63, 3.8) is 0 Å². The van der Waals surface area contributed by atoms with Crippen LogP contribution in [0.4, 0.5) is 0 Å². The molecule has 2 N–H and O–H groups in total. The molecule has 3 aliphatic rings. The first kappa shape index (κ1) is 17.7. The van der Waals surface area contributed by atoms with E-state index < -0.39 is 17.3 Å². The Labute approximate surface area is 141 Å². The summed E-state index contributed by atoms with van der Waals surface area (Å²) in [6, 6.07) is 0. The summed E-state index contributed by atoms with van der Waals surface area (Å²) in [7, 11) is 0. The molecule has 0 bridgehead atoms. The maximum Gasteiger partial charge on any atom is 0.105 e. The molecule has 1 aliphatic heterocycles. The van der Waals surface area contributed by atoms with E-state index in [2.05, 4.69) is 34.6 Å². The Morgan fingerprint density at radius 1 is 0.957 bits per heavy atom. The summed E-state index contributed by atoms with van der Waals surface area (Å²) in [6.07, 6.45) is 5.98. The van der Waals surface area contributed by atoms with Gasteiger partial charge in [-0.15, -0.1) is 0 Å². The van der Waals surface area contributed by atoms with Gasteiger partial charge in [0.2, 0.25) is 0 Å². The minimum Gasteiger partial charge on any atom is -0.392 e. The topological polar surface area (TPSA) is 49.7 Å². The predicted octanol–water partition coefficient (Wildman–Crippen LogP) is 4.05. The highest BCUT2D eigenvalue weighted by atomic mass is 16.5. The average Bonchev–Trinajstić information content (AvgIpc) is 2.83. The molecule has 0 aromatic heterocycles. The molecule has 0 aromatic carbocycles. The van der Waals surface area contributed by atoms with Crippen molar-refractivity contribution in [2.45, 2.75) is 109 Å². The van der Waals surface area contributed by atoms with Crippen molar-refractivity contribution in [2.24, 2.45) is 16.7 Å². The van der Waals surface area contributed by atoms with Gasteiger partial charge in [-0.05, 0) is 70.1 Å². The Balaban J connectivity index is 2.14. The lowest BCUT2D eigenvalue weighted by Gasteiger charge is -2.67. The molecular weight excluding hydrogens is 288 g/mol. The molecule has 3 heteroatoms. The zero-order valence-corrected chi connectivity index (χ0v) is 15.9. The molecule has 2 aliphatic carbocycles. The van der Waals surface area contributed by atoms with Crippen LogP contribution in [0.25, 0.3) is 0 Å². The fraction of sp³-hybridized carbons (Fsp3) is 1.00. The minimum absolute atomic E-state index is 0.184. The van der Waals surface area contributed by atoms with Gasteiger partial charge in [0.25, 0.3) is 0 Å².